The Morgan fingerprint density at radius 1 is 0.480 bits per heavy atom. The molecule has 280 valence electrons. The predicted octanol–water partition coefficient (Wildman–Crippen LogP) is 12.0. The molecule has 2 rings (SSSR count). The fourth-order valence-corrected chi connectivity index (χ4v) is 6.30. The van der Waals surface area contributed by atoms with E-state index in [-0.39, 0.29) is 25.3 Å². The molecular weight excluding hydrogens is 624 g/mol. The van der Waals surface area contributed by atoms with E-state index in [2.05, 4.69) is 13.8 Å². The van der Waals surface area contributed by atoms with Crippen LogP contribution < -0.4 is 0 Å². The van der Waals surface area contributed by atoms with Crippen LogP contribution >= 0.6 is 0 Å². The lowest BCUT2D eigenvalue weighted by Crippen LogP contribution is -2.28. The van der Waals surface area contributed by atoms with E-state index >= 15 is 0 Å². The Labute approximate surface area is 304 Å². The summed E-state index contributed by atoms with van der Waals surface area (Å²) in [5, 5.41) is 0. The van der Waals surface area contributed by atoms with Crippen molar-refractivity contribution in [2.75, 3.05) is 0 Å². The Hall–Kier alpha value is -3.15. The molecule has 0 aliphatic rings. The first-order valence-electron chi connectivity index (χ1n) is 20.1. The molecule has 1 unspecified atom stereocenters. The summed E-state index contributed by atoms with van der Waals surface area (Å²) in [6, 6.07) is 19.0. The van der Waals surface area contributed by atoms with E-state index in [1.807, 2.05) is 60.7 Å². The molecule has 2 aromatic rings. The van der Waals surface area contributed by atoms with Gasteiger partial charge in [-0.1, -0.05) is 177 Å². The first kappa shape index (κ1) is 43.0. The van der Waals surface area contributed by atoms with Crippen LogP contribution in [0.3, 0.4) is 0 Å². The van der Waals surface area contributed by atoms with Crippen molar-refractivity contribution in [3.8, 4) is 0 Å². The van der Waals surface area contributed by atoms with Crippen molar-refractivity contribution in [3.05, 3.63) is 71.8 Å². The molecule has 0 spiro atoms. The minimum Gasteiger partial charge on any atom is -0.462 e. The maximum Gasteiger partial charge on any atom is 0.320 e. The minimum absolute atomic E-state index is 0.0465. The zero-order valence-corrected chi connectivity index (χ0v) is 31.6. The predicted molar refractivity (Wildman–Crippen MR) is 203 cm³/mol. The Kier molecular flexibility index (Phi) is 25.4. The zero-order chi connectivity index (χ0) is 35.9. The fourth-order valence-electron chi connectivity index (χ4n) is 6.30. The largest absolute Gasteiger partial charge is 0.462 e. The van der Waals surface area contributed by atoms with Crippen molar-refractivity contribution in [3.63, 3.8) is 0 Å². The van der Waals surface area contributed by atoms with Crippen LogP contribution in [0.4, 0.5) is 0 Å². The maximum absolute atomic E-state index is 13.0. The summed E-state index contributed by atoms with van der Waals surface area (Å²) in [5.41, 5.74) is 1.75. The Balaban J connectivity index is 1.68. The molecule has 2 aromatic carbocycles. The second-order valence-corrected chi connectivity index (χ2v) is 14.0. The molecule has 0 saturated heterocycles. The van der Waals surface area contributed by atoms with Gasteiger partial charge in [0.1, 0.15) is 19.3 Å². The number of rotatable bonds is 31. The molecule has 0 N–H and O–H groups in total. The third kappa shape index (κ3) is 21.8. The average Bonchev–Trinajstić information content (AvgIpc) is 3.14. The van der Waals surface area contributed by atoms with Crippen molar-refractivity contribution in [2.45, 2.75) is 181 Å². The molecule has 50 heavy (non-hydrogen) atoms. The molecule has 0 bridgehead atoms. The summed E-state index contributed by atoms with van der Waals surface area (Å²) in [4.78, 5) is 38.7. The van der Waals surface area contributed by atoms with E-state index in [1.165, 1.54) is 70.6 Å². The van der Waals surface area contributed by atoms with Gasteiger partial charge in [-0.3, -0.25) is 14.4 Å². The van der Waals surface area contributed by atoms with Crippen LogP contribution in [0.1, 0.15) is 173 Å². The monoisotopic (exact) mass is 693 g/mol. The highest BCUT2D eigenvalue weighted by Gasteiger charge is 2.29. The van der Waals surface area contributed by atoms with Gasteiger partial charge in [-0.05, 0) is 49.7 Å². The lowest BCUT2D eigenvalue weighted by Gasteiger charge is -2.18. The fraction of sp³-hybridized carbons (Fsp3) is 0.659. The summed E-state index contributed by atoms with van der Waals surface area (Å²) >= 11 is 0. The SMILES string of the molecule is CCCCCCCCCC(CCCCCCCC)OC(=O)CCCCCCCCC(C(=O)OCc1ccccc1)C(=O)OCc1ccccc1. The number of ether oxygens (including phenoxy) is 3. The maximum atomic E-state index is 13.0. The number of carbonyl (C=O) groups excluding carboxylic acids is 3. The molecule has 1 atom stereocenters. The summed E-state index contributed by atoms with van der Waals surface area (Å²) in [7, 11) is 0. The van der Waals surface area contributed by atoms with Crippen molar-refractivity contribution in [1.29, 1.82) is 0 Å². The van der Waals surface area contributed by atoms with Gasteiger partial charge in [-0.2, -0.15) is 0 Å². The quantitative estimate of drug-likeness (QED) is 0.0339. The lowest BCUT2D eigenvalue weighted by molar-refractivity contribution is -0.164. The van der Waals surface area contributed by atoms with Crippen LogP contribution in [0.25, 0.3) is 0 Å². The molecule has 0 aromatic heterocycles. The van der Waals surface area contributed by atoms with Crippen LogP contribution in [0.5, 0.6) is 0 Å². The van der Waals surface area contributed by atoms with Gasteiger partial charge in [-0.15, -0.1) is 0 Å². The topological polar surface area (TPSA) is 78.9 Å². The number of esters is 3. The van der Waals surface area contributed by atoms with Crippen molar-refractivity contribution in [2.24, 2.45) is 5.92 Å². The average molecular weight is 693 g/mol. The van der Waals surface area contributed by atoms with Gasteiger partial charge >= 0.3 is 17.9 Å². The highest BCUT2D eigenvalue weighted by atomic mass is 16.6. The third-order valence-corrected chi connectivity index (χ3v) is 9.45. The Bertz CT molecular complexity index is 1060. The van der Waals surface area contributed by atoms with E-state index in [0.717, 1.165) is 75.3 Å². The molecule has 0 radical (unpaired) electrons. The number of benzene rings is 2. The van der Waals surface area contributed by atoms with Gasteiger partial charge in [0.05, 0.1) is 0 Å². The van der Waals surface area contributed by atoms with Crippen LogP contribution in [-0.2, 0) is 41.8 Å². The number of carbonyl (C=O) groups is 3. The van der Waals surface area contributed by atoms with Crippen molar-refractivity contribution in [1.82, 2.24) is 0 Å². The minimum atomic E-state index is -0.942. The van der Waals surface area contributed by atoms with E-state index < -0.39 is 17.9 Å². The molecule has 0 amide bonds. The number of unbranched alkanes of at least 4 members (excludes halogenated alkanes) is 16. The van der Waals surface area contributed by atoms with Crippen LogP contribution in [-0.4, -0.2) is 24.0 Å². The van der Waals surface area contributed by atoms with Gasteiger partial charge in [0.2, 0.25) is 0 Å². The van der Waals surface area contributed by atoms with Gasteiger partial charge in [0.25, 0.3) is 0 Å². The Morgan fingerprint density at radius 2 is 0.860 bits per heavy atom. The van der Waals surface area contributed by atoms with Crippen molar-refractivity contribution < 1.29 is 28.6 Å². The van der Waals surface area contributed by atoms with Gasteiger partial charge < -0.3 is 14.2 Å². The van der Waals surface area contributed by atoms with E-state index in [9.17, 15) is 14.4 Å². The van der Waals surface area contributed by atoms with Gasteiger partial charge in [0.15, 0.2) is 5.92 Å². The molecule has 0 heterocycles. The first-order chi connectivity index (χ1) is 24.5. The number of hydrogen-bond acceptors (Lipinski definition) is 6. The summed E-state index contributed by atoms with van der Waals surface area (Å²) in [6.07, 6.45) is 24.8. The van der Waals surface area contributed by atoms with E-state index in [0.29, 0.717) is 12.8 Å². The molecule has 0 aliphatic carbocycles. The van der Waals surface area contributed by atoms with Crippen molar-refractivity contribution >= 4 is 17.9 Å². The molecule has 6 heteroatoms. The van der Waals surface area contributed by atoms with Gasteiger partial charge in [-0.25, -0.2) is 0 Å². The third-order valence-electron chi connectivity index (χ3n) is 9.45. The van der Waals surface area contributed by atoms with E-state index in [1.54, 1.807) is 0 Å². The molecule has 0 fully saturated rings. The van der Waals surface area contributed by atoms with Crippen LogP contribution in [0.2, 0.25) is 0 Å². The second-order valence-electron chi connectivity index (χ2n) is 14.0. The van der Waals surface area contributed by atoms with Gasteiger partial charge in [0, 0.05) is 6.42 Å². The smallest absolute Gasteiger partial charge is 0.320 e. The summed E-state index contributed by atoms with van der Waals surface area (Å²) in [6.45, 7) is 4.76. The van der Waals surface area contributed by atoms with Crippen LogP contribution in [0, 0.1) is 5.92 Å². The van der Waals surface area contributed by atoms with E-state index in [4.69, 9.17) is 14.2 Å². The first-order valence-corrected chi connectivity index (χ1v) is 20.1. The molecular formula is C44H68O6. The highest BCUT2D eigenvalue weighted by molar-refractivity contribution is 5.94. The highest BCUT2D eigenvalue weighted by Crippen LogP contribution is 2.20. The molecule has 0 saturated carbocycles. The normalized spacial score (nSPS) is 11.7. The summed E-state index contributed by atoms with van der Waals surface area (Å²) < 4.78 is 17.1. The van der Waals surface area contributed by atoms with Crippen LogP contribution in [0.15, 0.2) is 60.7 Å². The molecule has 6 nitrogen and oxygen atoms in total. The second kappa shape index (κ2) is 29.6. The number of hydrogen-bond donors (Lipinski definition) is 0. The standard InChI is InChI=1S/C44H68O6/c1-3-5-7-9-11-15-25-33-40(32-24-14-10-8-6-4-2)50-42(45)35-27-17-13-12-16-26-34-41(43(46)48-36-38-28-20-18-21-29-38)44(47)49-37-39-30-22-19-23-31-39/h18-23,28-31,40-41H,3-17,24-27,32-37H2,1-2H3. The zero-order valence-electron chi connectivity index (χ0n) is 31.6. The lowest BCUT2D eigenvalue weighted by atomic mass is 10.00. The summed E-state index contributed by atoms with van der Waals surface area (Å²) in [5.74, 6) is -2.06. The molecule has 0 aliphatic heterocycles. The Morgan fingerprint density at radius 3 is 1.30 bits per heavy atom.